The molecule has 0 spiro atoms. The van der Waals surface area contributed by atoms with Crippen LogP contribution in [0.4, 0.5) is 35.0 Å². The average molecular weight is 545 g/mol. The number of hydrogen-bond donors (Lipinski definition) is 3. The summed E-state index contributed by atoms with van der Waals surface area (Å²) >= 11 is 0. The van der Waals surface area contributed by atoms with E-state index in [4.69, 9.17) is 9.63 Å². The van der Waals surface area contributed by atoms with Crippen LogP contribution in [-0.2, 0) is 23.2 Å². The molecule has 0 unspecified atom stereocenters. The molecule has 14 heteroatoms. The Labute approximate surface area is 219 Å². The molecule has 1 aliphatic rings. The summed E-state index contributed by atoms with van der Waals surface area (Å²) in [5, 5.41) is 22.1. The van der Waals surface area contributed by atoms with Gasteiger partial charge >= 0.3 is 6.18 Å². The van der Waals surface area contributed by atoms with E-state index < -0.39 is 23.3 Å². The van der Waals surface area contributed by atoms with Gasteiger partial charge in [-0.1, -0.05) is 17.3 Å². The van der Waals surface area contributed by atoms with Crippen LogP contribution >= 0.6 is 0 Å². The molecule has 3 heterocycles. The minimum Gasteiger partial charge on any atom is -0.394 e. The summed E-state index contributed by atoms with van der Waals surface area (Å²) in [6, 6.07) is 5.34. The van der Waals surface area contributed by atoms with Crippen molar-refractivity contribution in [2.75, 3.05) is 17.2 Å². The molecule has 10 nitrogen and oxygen atoms in total. The molecule has 3 N–H and O–H groups in total. The molecule has 204 valence electrons. The summed E-state index contributed by atoms with van der Waals surface area (Å²) in [4.78, 5) is 20.9. The molecular weight excluding hydrogens is 522 g/mol. The summed E-state index contributed by atoms with van der Waals surface area (Å²) in [5.41, 5.74) is 0.541. The Morgan fingerprint density at radius 1 is 1.15 bits per heavy atom. The van der Waals surface area contributed by atoms with Crippen LogP contribution in [0.5, 0.6) is 0 Å². The van der Waals surface area contributed by atoms with Crippen molar-refractivity contribution in [3.05, 3.63) is 65.7 Å². The molecule has 0 bridgehead atoms. The number of hydrogen-bond acceptors (Lipinski definition) is 8. The molecule has 1 aromatic carbocycles. The maximum atomic E-state index is 14.8. The Morgan fingerprint density at radius 3 is 2.54 bits per heavy atom. The number of carbonyl (C=O) groups excluding carboxylic acids is 1. The van der Waals surface area contributed by atoms with E-state index in [0.717, 1.165) is 11.8 Å². The van der Waals surface area contributed by atoms with E-state index in [0.29, 0.717) is 29.3 Å². The van der Waals surface area contributed by atoms with Gasteiger partial charge in [0.15, 0.2) is 11.6 Å². The van der Waals surface area contributed by atoms with Crippen molar-refractivity contribution in [1.29, 1.82) is 0 Å². The highest BCUT2D eigenvalue weighted by molar-refractivity contribution is 5.91. The van der Waals surface area contributed by atoms with Crippen LogP contribution in [0, 0.1) is 12.7 Å². The van der Waals surface area contributed by atoms with Crippen LogP contribution in [0.25, 0.3) is 11.1 Å². The Bertz CT molecular complexity index is 1490. The number of aliphatic hydroxyl groups is 1. The quantitative estimate of drug-likeness (QED) is 0.266. The van der Waals surface area contributed by atoms with Gasteiger partial charge in [0.05, 0.1) is 37.2 Å². The number of nitrogens with zero attached hydrogens (tertiary/aromatic N) is 5. The van der Waals surface area contributed by atoms with Crippen molar-refractivity contribution in [2.24, 2.45) is 0 Å². The molecule has 1 fully saturated rings. The third-order valence-electron chi connectivity index (χ3n) is 6.59. The minimum atomic E-state index is -4.47. The molecule has 1 amide bonds. The van der Waals surface area contributed by atoms with E-state index in [1.807, 2.05) is 6.92 Å². The number of amides is 1. The maximum Gasteiger partial charge on any atom is 0.401 e. The lowest BCUT2D eigenvalue weighted by Crippen LogP contribution is -2.28. The van der Waals surface area contributed by atoms with Crippen molar-refractivity contribution in [2.45, 2.75) is 44.3 Å². The highest BCUT2D eigenvalue weighted by atomic mass is 19.4. The van der Waals surface area contributed by atoms with Gasteiger partial charge in [0, 0.05) is 24.0 Å². The maximum absolute atomic E-state index is 14.8. The summed E-state index contributed by atoms with van der Waals surface area (Å²) < 4.78 is 61.0. The number of nitrogens with one attached hydrogen (secondary N) is 2. The first kappa shape index (κ1) is 26.3. The fourth-order valence-electron chi connectivity index (χ4n) is 4.14. The Balaban J connectivity index is 1.21. The van der Waals surface area contributed by atoms with E-state index in [2.05, 4.69) is 30.9 Å². The van der Waals surface area contributed by atoms with Crippen molar-refractivity contribution < 1.29 is 32.0 Å². The van der Waals surface area contributed by atoms with Gasteiger partial charge in [0.1, 0.15) is 11.2 Å². The second kappa shape index (κ2) is 10.1. The number of anilines is 3. The number of benzene rings is 1. The van der Waals surface area contributed by atoms with Gasteiger partial charge in [-0.25, -0.2) is 14.4 Å². The molecule has 1 aliphatic carbocycles. The summed E-state index contributed by atoms with van der Waals surface area (Å²) in [7, 11) is 0. The molecule has 3 aromatic heterocycles. The zero-order valence-electron chi connectivity index (χ0n) is 20.6. The van der Waals surface area contributed by atoms with Crippen molar-refractivity contribution in [1.82, 2.24) is 24.9 Å². The number of aromatic nitrogens is 5. The van der Waals surface area contributed by atoms with Gasteiger partial charge in [-0.05, 0) is 37.0 Å². The van der Waals surface area contributed by atoms with E-state index >= 15 is 0 Å². The van der Waals surface area contributed by atoms with E-state index in [1.54, 1.807) is 16.9 Å². The van der Waals surface area contributed by atoms with Crippen LogP contribution in [0.2, 0.25) is 0 Å². The van der Waals surface area contributed by atoms with E-state index in [-0.39, 0.29) is 43.0 Å². The van der Waals surface area contributed by atoms with Crippen LogP contribution in [0.3, 0.4) is 0 Å². The molecule has 5 rings (SSSR count). The molecule has 4 aromatic rings. The molecule has 1 saturated carbocycles. The Morgan fingerprint density at radius 2 is 1.90 bits per heavy atom. The summed E-state index contributed by atoms with van der Waals surface area (Å²) in [6.45, 7) is 2.16. The predicted octanol–water partition coefficient (Wildman–Crippen LogP) is 4.29. The smallest absolute Gasteiger partial charge is 0.394 e. The highest BCUT2D eigenvalue weighted by Crippen LogP contribution is 2.59. The fraction of sp³-hybridized carbons (Fsp3) is 0.320. The second-order valence-corrected chi connectivity index (χ2v) is 9.20. The number of alkyl halides is 3. The predicted molar refractivity (Wildman–Crippen MR) is 131 cm³/mol. The lowest BCUT2D eigenvalue weighted by Gasteiger charge is -2.14. The number of halogens is 4. The van der Waals surface area contributed by atoms with Crippen molar-refractivity contribution >= 4 is 23.4 Å². The van der Waals surface area contributed by atoms with Crippen molar-refractivity contribution in [3.8, 4) is 11.1 Å². The minimum absolute atomic E-state index is 0.0401. The van der Waals surface area contributed by atoms with Crippen LogP contribution < -0.4 is 10.6 Å². The van der Waals surface area contributed by atoms with Gasteiger partial charge in [0.2, 0.25) is 11.9 Å². The number of aliphatic hydroxyl groups excluding tert-OH is 1. The normalized spacial score (nSPS) is 14.3. The number of carbonyl (C=O) groups is 1. The summed E-state index contributed by atoms with van der Waals surface area (Å²) in [6.07, 6.45) is -0.402. The van der Waals surface area contributed by atoms with E-state index in [1.165, 1.54) is 24.5 Å². The standard InChI is InChI=1S/C25H23F4N7O3/c1-14-19(13-32-36(14)6-7-37)33-23-30-11-17(12-31-23)15-2-3-16(18(26)8-15)9-22(38)34-21-10-20(39-35-21)24(4-5-24)25(27,28)29/h2-3,8,10-13,37H,4-7,9H2,1H3,(H,30,31,33)(H,34,35,38). The molecule has 39 heavy (non-hydrogen) atoms. The highest BCUT2D eigenvalue weighted by Gasteiger charge is 2.66. The monoisotopic (exact) mass is 545 g/mol. The molecule has 0 aliphatic heterocycles. The van der Waals surface area contributed by atoms with Gasteiger partial charge in [-0.15, -0.1) is 0 Å². The first-order valence-electron chi connectivity index (χ1n) is 11.9. The molecule has 0 atom stereocenters. The zero-order valence-corrected chi connectivity index (χ0v) is 20.6. The number of rotatable bonds is 9. The van der Waals surface area contributed by atoms with Gasteiger partial charge in [-0.3, -0.25) is 9.48 Å². The topological polar surface area (TPSA) is 131 Å². The molecular formula is C25H23F4N7O3. The largest absolute Gasteiger partial charge is 0.401 e. The fourth-order valence-corrected chi connectivity index (χ4v) is 4.14. The first-order valence-corrected chi connectivity index (χ1v) is 11.9. The van der Waals surface area contributed by atoms with Crippen LogP contribution in [0.15, 0.2) is 47.4 Å². The average Bonchev–Trinajstić information content (AvgIpc) is 3.50. The van der Waals surface area contributed by atoms with Gasteiger partial charge in [0.25, 0.3) is 0 Å². The van der Waals surface area contributed by atoms with Gasteiger partial charge in [-0.2, -0.15) is 18.3 Å². The molecule has 0 radical (unpaired) electrons. The van der Waals surface area contributed by atoms with Crippen LogP contribution in [0.1, 0.15) is 29.9 Å². The SMILES string of the molecule is Cc1c(Nc2ncc(-c3ccc(CC(=O)Nc4cc(C5(C(F)(F)F)CC5)on4)c(F)c3)cn2)cnn1CCO. The Kier molecular flexibility index (Phi) is 6.80. The lowest BCUT2D eigenvalue weighted by molar-refractivity contribution is -0.165. The second-order valence-electron chi connectivity index (χ2n) is 9.20. The zero-order chi connectivity index (χ0) is 27.8. The third kappa shape index (κ3) is 5.32. The van der Waals surface area contributed by atoms with E-state index in [9.17, 15) is 22.4 Å². The Hall–Kier alpha value is -4.33. The van der Waals surface area contributed by atoms with Crippen LogP contribution in [-0.4, -0.2) is 48.7 Å². The van der Waals surface area contributed by atoms with Gasteiger partial charge < -0.3 is 20.3 Å². The summed E-state index contributed by atoms with van der Waals surface area (Å²) in [5.74, 6) is -1.51. The third-order valence-corrected chi connectivity index (χ3v) is 6.59. The molecule has 0 saturated heterocycles. The van der Waals surface area contributed by atoms with Crippen molar-refractivity contribution in [3.63, 3.8) is 0 Å². The lowest BCUT2D eigenvalue weighted by atomic mass is 10.0. The first-order chi connectivity index (χ1) is 18.6.